The van der Waals surface area contributed by atoms with Crippen LogP contribution in [0.2, 0.25) is 0 Å². The molecule has 1 N–H and O–H groups in total. The van der Waals surface area contributed by atoms with Gasteiger partial charge in [0.2, 0.25) is 0 Å². The first kappa shape index (κ1) is 19.0. The van der Waals surface area contributed by atoms with Gasteiger partial charge in [0.05, 0.1) is 4.92 Å². The highest BCUT2D eigenvalue weighted by molar-refractivity contribution is 5.94. The summed E-state index contributed by atoms with van der Waals surface area (Å²) in [6.07, 6.45) is 5.73. The number of nitro benzene ring substituents is 1. The van der Waals surface area contributed by atoms with E-state index >= 15 is 0 Å². The molecule has 0 saturated carbocycles. The Morgan fingerprint density at radius 1 is 1.26 bits per heavy atom. The molecule has 2 heterocycles. The van der Waals surface area contributed by atoms with Gasteiger partial charge in [-0.05, 0) is 68.6 Å². The smallest absolute Gasteiger partial charge is 0.272 e. The van der Waals surface area contributed by atoms with E-state index in [1.54, 1.807) is 13.0 Å². The third-order valence-electron chi connectivity index (χ3n) is 5.07. The van der Waals surface area contributed by atoms with E-state index in [2.05, 4.69) is 15.2 Å². The minimum absolute atomic E-state index is 0.0353. The average molecular weight is 368 g/mol. The topological polar surface area (TPSA) is 88.4 Å². The number of amides is 1. The Morgan fingerprint density at radius 3 is 2.59 bits per heavy atom. The van der Waals surface area contributed by atoms with E-state index in [9.17, 15) is 14.9 Å². The Labute approximate surface area is 158 Å². The van der Waals surface area contributed by atoms with E-state index in [-0.39, 0.29) is 11.6 Å². The van der Waals surface area contributed by atoms with Gasteiger partial charge in [-0.15, -0.1) is 0 Å². The number of carbonyl (C=O) groups is 1. The fraction of sp³-hybridized carbons (Fsp3) is 0.400. The second kappa shape index (κ2) is 8.73. The van der Waals surface area contributed by atoms with Gasteiger partial charge >= 0.3 is 0 Å². The summed E-state index contributed by atoms with van der Waals surface area (Å²) in [7, 11) is 0. The molecule has 3 rings (SSSR count). The summed E-state index contributed by atoms with van der Waals surface area (Å²) >= 11 is 0. The van der Waals surface area contributed by atoms with Gasteiger partial charge < -0.3 is 5.32 Å². The van der Waals surface area contributed by atoms with Crippen molar-refractivity contribution in [1.82, 2.24) is 15.2 Å². The number of likely N-dealkylation sites (tertiary alicyclic amines) is 1. The molecular formula is C20H24N4O3. The third-order valence-corrected chi connectivity index (χ3v) is 5.07. The van der Waals surface area contributed by atoms with Gasteiger partial charge in [0, 0.05) is 42.7 Å². The van der Waals surface area contributed by atoms with Gasteiger partial charge in [-0.3, -0.25) is 24.8 Å². The SMILES string of the molecule is Cc1cc(C(=O)NCC2CCN(Cc3ccncc3)CC2)ccc1[N+](=O)[O-]. The maximum absolute atomic E-state index is 12.3. The predicted molar refractivity (Wildman–Crippen MR) is 102 cm³/mol. The maximum atomic E-state index is 12.3. The van der Waals surface area contributed by atoms with Crippen LogP contribution in [0, 0.1) is 23.0 Å². The number of piperidine rings is 1. The molecule has 1 amide bonds. The van der Waals surface area contributed by atoms with Crippen LogP contribution in [0.4, 0.5) is 5.69 Å². The van der Waals surface area contributed by atoms with Crippen molar-refractivity contribution in [3.63, 3.8) is 0 Å². The van der Waals surface area contributed by atoms with Crippen molar-refractivity contribution in [3.05, 3.63) is 69.5 Å². The number of hydrogen-bond acceptors (Lipinski definition) is 5. The van der Waals surface area contributed by atoms with Crippen molar-refractivity contribution in [2.24, 2.45) is 5.92 Å². The average Bonchev–Trinajstić information content (AvgIpc) is 2.67. The maximum Gasteiger partial charge on any atom is 0.272 e. The lowest BCUT2D eigenvalue weighted by Gasteiger charge is -2.32. The molecule has 7 nitrogen and oxygen atoms in total. The molecule has 27 heavy (non-hydrogen) atoms. The van der Waals surface area contributed by atoms with Gasteiger partial charge in [0.25, 0.3) is 11.6 Å². The van der Waals surface area contributed by atoms with Gasteiger partial charge in [-0.2, -0.15) is 0 Å². The fourth-order valence-corrected chi connectivity index (χ4v) is 3.44. The van der Waals surface area contributed by atoms with Crippen molar-refractivity contribution < 1.29 is 9.72 Å². The summed E-state index contributed by atoms with van der Waals surface area (Å²) in [6, 6.07) is 8.56. The molecule has 0 bridgehead atoms. The number of aromatic nitrogens is 1. The lowest BCUT2D eigenvalue weighted by molar-refractivity contribution is -0.385. The Morgan fingerprint density at radius 2 is 1.96 bits per heavy atom. The van der Waals surface area contributed by atoms with Crippen LogP contribution in [-0.2, 0) is 6.54 Å². The van der Waals surface area contributed by atoms with E-state index in [4.69, 9.17) is 0 Å². The van der Waals surface area contributed by atoms with Gasteiger partial charge in [-0.25, -0.2) is 0 Å². The molecular weight excluding hydrogens is 344 g/mol. The summed E-state index contributed by atoms with van der Waals surface area (Å²) in [5.41, 5.74) is 2.27. The van der Waals surface area contributed by atoms with Crippen LogP contribution in [0.3, 0.4) is 0 Å². The van der Waals surface area contributed by atoms with Gasteiger partial charge in [0.15, 0.2) is 0 Å². The van der Waals surface area contributed by atoms with Crippen LogP contribution >= 0.6 is 0 Å². The first-order chi connectivity index (χ1) is 13.0. The van der Waals surface area contributed by atoms with Crippen LogP contribution < -0.4 is 5.32 Å². The molecule has 1 aromatic heterocycles. The molecule has 2 aromatic rings. The number of nitrogens with zero attached hydrogens (tertiary/aromatic N) is 3. The van der Waals surface area contributed by atoms with Crippen molar-refractivity contribution in [2.75, 3.05) is 19.6 Å². The Hall–Kier alpha value is -2.80. The number of hydrogen-bond donors (Lipinski definition) is 1. The summed E-state index contributed by atoms with van der Waals surface area (Å²) in [5, 5.41) is 13.8. The minimum Gasteiger partial charge on any atom is -0.352 e. The Kier molecular flexibility index (Phi) is 6.13. The highest BCUT2D eigenvalue weighted by Crippen LogP contribution is 2.20. The number of rotatable bonds is 6. The molecule has 1 saturated heterocycles. The zero-order chi connectivity index (χ0) is 19.2. The third kappa shape index (κ3) is 5.10. The van der Waals surface area contributed by atoms with Crippen molar-refractivity contribution >= 4 is 11.6 Å². The zero-order valence-corrected chi connectivity index (χ0v) is 15.4. The molecule has 142 valence electrons. The molecule has 0 spiro atoms. The van der Waals surface area contributed by atoms with E-state index in [1.807, 2.05) is 24.5 Å². The van der Waals surface area contributed by atoms with Crippen molar-refractivity contribution in [3.8, 4) is 0 Å². The zero-order valence-electron chi connectivity index (χ0n) is 15.4. The monoisotopic (exact) mass is 368 g/mol. The Balaban J connectivity index is 1.45. The summed E-state index contributed by atoms with van der Waals surface area (Å²) in [4.78, 5) is 29.2. The predicted octanol–water partition coefficient (Wildman–Crippen LogP) is 2.94. The summed E-state index contributed by atoms with van der Waals surface area (Å²) in [6.45, 7) is 5.24. The minimum atomic E-state index is -0.434. The van der Waals surface area contributed by atoms with Crippen LogP contribution in [0.15, 0.2) is 42.7 Å². The first-order valence-corrected chi connectivity index (χ1v) is 9.17. The van der Waals surface area contributed by atoms with Gasteiger partial charge in [0.1, 0.15) is 0 Å². The lowest BCUT2D eigenvalue weighted by atomic mass is 9.96. The van der Waals surface area contributed by atoms with Crippen molar-refractivity contribution in [2.45, 2.75) is 26.3 Å². The standard InChI is InChI=1S/C20H24N4O3/c1-15-12-18(2-3-19(15)24(26)27)20(25)22-13-16-6-10-23(11-7-16)14-17-4-8-21-9-5-17/h2-5,8-9,12,16H,6-7,10-11,13-14H2,1H3,(H,22,25). The molecule has 7 heteroatoms. The number of nitrogens with one attached hydrogen (secondary N) is 1. The fourth-order valence-electron chi connectivity index (χ4n) is 3.44. The second-order valence-electron chi connectivity index (χ2n) is 7.04. The largest absolute Gasteiger partial charge is 0.352 e. The van der Waals surface area contributed by atoms with E-state index < -0.39 is 4.92 Å². The quantitative estimate of drug-likeness (QED) is 0.625. The summed E-state index contributed by atoms with van der Waals surface area (Å²) < 4.78 is 0. The highest BCUT2D eigenvalue weighted by atomic mass is 16.6. The molecule has 1 aromatic carbocycles. The molecule has 0 atom stereocenters. The van der Waals surface area contributed by atoms with E-state index in [0.29, 0.717) is 23.6 Å². The number of benzene rings is 1. The van der Waals surface area contributed by atoms with Crippen LogP contribution in [-0.4, -0.2) is 40.3 Å². The first-order valence-electron chi connectivity index (χ1n) is 9.17. The Bertz CT molecular complexity index is 802. The van der Waals surface area contributed by atoms with E-state index in [1.165, 1.54) is 17.7 Å². The normalized spacial score (nSPS) is 15.4. The molecule has 0 aliphatic carbocycles. The molecule has 1 aliphatic heterocycles. The highest BCUT2D eigenvalue weighted by Gasteiger charge is 2.20. The molecule has 0 unspecified atom stereocenters. The van der Waals surface area contributed by atoms with Crippen LogP contribution in [0.1, 0.15) is 34.3 Å². The lowest BCUT2D eigenvalue weighted by Crippen LogP contribution is -2.38. The number of pyridine rings is 1. The van der Waals surface area contributed by atoms with Crippen molar-refractivity contribution in [1.29, 1.82) is 0 Å². The summed E-state index contributed by atoms with van der Waals surface area (Å²) in [5.74, 6) is 0.286. The molecule has 0 radical (unpaired) electrons. The number of aryl methyl sites for hydroxylation is 1. The van der Waals surface area contributed by atoms with E-state index in [0.717, 1.165) is 32.5 Å². The van der Waals surface area contributed by atoms with Crippen LogP contribution in [0.25, 0.3) is 0 Å². The number of carbonyl (C=O) groups excluding carboxylic acids is 1. The molecule has 1 aliphatic rings. The van der Waals surface area contributed by atoms with Crippen LogP contribution in [0.5, 0.6) is 0 Å². The second-order valence-corrected chi connectivity index (χ2v) is 7.04. The number of nitro groups is 1. The molecule has 1 fully saturated rings. The van der Waals surface area contributed by atoms with Gasteiger partial charge in [-0.1, -0.05) is 0 Å².